The zero-order valence-corrected chi connectivity index (χ0v) is 12.4. The highest BCUT2D eigenvalue weighted by atomic mass is 19.1. The van der Waals surface area contributed by atoms with Crippen LogP contribution in [0.1, 0.15) is 24.8 Å². The molecule has 2 aliphatic heterocycles. The molecule has 114 valence electrons. The largest absolute Gasteiger partial charge is 0.488 e. The lowest BCUT2D eigenvalue weighted by atomic mass is 10.1. The van der Waals surface area contributed by atoms with Gasteiger partial charge in [0.1, 0.15) is 17.7 Å². The van der Waals surface area contributed by atoms with Gasteiger partial charge in [0.05, 0.1) is 0 Å². The van der Waals surface area contributed by atoms with E-state index in [4.69, 9.17) is 4.74 Å². The zero-order valence-electron chi connectivity index (χ0n) is 12.4. The molecule has 1 saturated carbocycles. The lowest BCUT2D eigenvalue weighted by molar-refractivity contribution is 0.224. The Labute approximate surface area is 125 Å². The topological polar surface area (TPSA) is 24.5 Å². The Bertz CT molecular complexity index is 518. The van der Waals surface area contributed by atoms with E-state index in [1.807, 2.05) is 0 Å². The lowest BCUT2D eigenvalue weighted by Crippen LogP contribution is -2.34. The fourth-order valence-electron chi connectivity index (χ4n) is 3.65. The number of nitrogens with zero attached hydrogens (tertiary/aromatic N) is 1. The first-order valence-corrected chi connectivity index (χ1v) is 8.18. The Hall–Kier alpha value is -1.13. The first kappa shape index (κ1) is 13.5. The molecule has 21 heavy (non-hydrogen) atoms. The smallest absolute Gasteiger partial charge is 0.123 e. The summed E-state index contributed by atoms with van der Waals surface area (Å²) in [4.78, 5) is 2.65. The van der Waals surface area contributed by atoms with Crippen LogP contribution in [-0.4, -0.2) is 43.2 Å². The van der Waals surface area contributed by atoms with Gasteiger partial charge in [-0.25, -0.2) is 4.39 Å². The third-order valence-corrected chi connectivity index (χ3v) is 4.95. The Morgan fingerprint density at radius 3 is 3.00 bits per heavy atom. The lowest BCUT2D eigenvalue weighted by Gasteiger charge is -2.16. The predicted molar refractivity (Wildman–Crippen MR) is 80.1 cm³/mol. The van der Waals surface area contributed by atoms with E-state index in [2.05, 4.69) is 10.2 Å². The van der Waals surface area contributed by atoms with Gasteiger partial charge >= 0.3 is 0 Å². The molecule has 0 radical (unpaired) electrons. The standard InChI is InChI=1S/C17H23FN2O/c18-14-1-4-17-13(7-14)8-16(21-17)10-19-9-12-5-6-20(11-12)15-2-3-15/h1,4,7,12,15-16,19H,2-3,5-6,8-11H2. The molecular formula is C17H23FN2O. The van der Waals surface area contributed by atoms with E-state index in [0.29, 0.717) is 0 Å². The summed E-state index contributed by atoms with van der Waals surface area (Å²) >= 11 is 0. The van der Waals surface area contributed by atoms with Crippen LogP contribution in [-0.2, 0) is 6.42 Å². The summed E-state index contributed by atoms with van der Waals surface area (Å²) in [7, 11) is 0. The van der Waals surface area contributed by atoms with Gasteiger partial charge in [-0.2, -0.15) is 0 Å². The van der Waals surface area contributed by atoms with Crippen molar-refractivity contribution in [1.82, 2.24) is 10.2 Å². The van der Waals surface area contributed by atoms with Crippen LogP contribution >= 0.6 is 0 Å². The van der Waals surface area contributed by atoms with E-state index >= 15 is 0 Å². The molecule has 1 N–H and O–H groups in total. The number of nitrogens with one attached hydrogen (secondary N) is 1. The molecular weight excluding hydrogens is 267 g/mol. The molecule has 4 rings (SSSR count). The summed E-state index contributed by atoms with van der Waals surface area (Å²) in [5.74, 6) is 1.47. The average Bonchev–Trinajstić information content (AvgIpc) is 3.08. The van der Waals surface area contributed by atoms with Gasteiger partial charge in [-0.05, 0) is 56.5 Å². The van der Waals surface area contributed by atoms with Gasteiger partial charge in [-0.1, -0.05) is 0 Å². The van der Waals surface area contributed by atoms with Crippen LogP contribution in [0.2, 0.25) is 0 Å². The van der Waals surface area contributed by atoms with Crippen molar-refractivity contribution in [3.63, 3.8) is 0 Å². The summed E-state index contributed by atoms with van der Waals surface area (Å²) in [5, 5.41) is 3.55. The normalized spacial score (nSPS) is 28.6. The maximum atomic E-state index is 13.2. The number of hydrogen-bond donors (Lipinski definition) is 1. The van der Waals surface area contributed by atoms with Gasteiger partial charge in [-0.3, -0.25) is 0 Å². The van der Waals surface area contributed by atoms with Crippen LogP contribution in [0, 0.1) is 11.7 Å². The maximum Gasteiger partial charge on any atom is 0.123 e. The van der Waals surface area contributed by atoms with Gasteiger partial charge in [0.2, 0.25) is 0 Å². The van der Waals surface area contributed by atoms with Crippen molar-refractivity contribution < 1.29 is 9.13 Å². The molecule has 0 bridgehead atoms. The first-order valence-electron chi connectivity index (χ1n) is 8.18. The van der Waals surface area contributed by atoms with Crippen LogP contribution < -0.4 is 10.1 Å². The number of likely N-dealkylation sites (tertiary alicyclic amines) is 1. The monoisotopic (exact) mass is 290 g/mol. The number of benzene rings is 1. The fraction of sp³-hybridized carbons (Fsp3) is 0.647. The van der Waals surface area contributed by atoms with Gasteiger partial charge in [0.15, 0.2) is 0 Å². The van der Waals surface area contributed by atoms with Gasteiger partial charge in [-0.15, -0.1) is 0 Å². The van der Waals surface area contributed by atoms with Crippen LogP contribution in [0.3, 0.4) is 0 Å². The molecule has 2 heterocycles. The molecule has 0 aromatic heterocycles. The van der Waals surface area contributed by atoms with E-state index in [-0.39, 0.29) is 11.9 Å². The summed E-state index contributed by atoms with van der Waals surface area (Å²) in [6, 6.07) is 5.71. The molecule has 3 aliphatic rings. The number of halogens is 1. The summed E-state index contributed by atoms with van der Waals surface area (Å²) < 4.78 is 19.0. The Morgan fingerprint density at radius 1 is 1.24 bits per heavy atom. The summed E-state index contributed by atoms with van der Waals surface area (Å²) in [6.07, 6.45) is 5.11. The van der Waals surface area contributed by atoms with Crippen LogP contribution in [0.25, 0.3) is 0 Å². The van der Waals surface area contributed by atoms with Crippen LogP contribution in [0.4, 0.5) is 4.39 Å². The van der Waals surface area contributed by atoms with Crippen molar-refractivity contribution in [1.29, 1.82) is 0 Å². The van der Waals surface area contributed by atoms with Gasteiger partial charge in [0.25, 0.3) is 0 Å². The van der Waals surface area contributed by atoms with E-state index in [1.54, 1.807) is 12.1 Å². The third kappa shape index (κ3) is 3.06. The Kier molecular flexibility index (Phi) is 3.59. The van der Waals surface area contributed by atoms with E-state index in [1.165, 1.54) is 38.4 Å². The summed E-state index contributed by atoms with van der Waals surface area (Å²) in [6.45, 7) is 4.47. The Balaban J connectivity index is 1.20. The highest BCUT2D eigenvalue weighted by Crippen LogP contribution is 2.32. The van der Waals surface area contributed by atoms with E-state index in [0.717, 1.165) is 42.8 Å². The van der Waals surface area contributed by atoms with Crippen molar-refractivity contribution in [3.05, 3.63) is 29.6 Å². The molecule has 1 saturated heterocycles. The second kappa shape index (κ2) is 5.58. The van der Waals surface area contributed by atoms with E-state index in [9.17, 15) is 4.39 Å². The van der Waals surface area contributed by atoms with Crippen molar-refractivity contribution in [2.45, 2.75) is 37.8 Å². The number of fused-ring (bicyclic) bond motifs is 1. The van der Waals surface area contributed by atoms with Crippen LogP contribution in [0.15, 0.2) is 18.2 Å². The second-order valence-electron chi connectivity index (χ2n) is 6.74. The third-order valence-electron chi connectivity index (χ3n) is 4.95. The second-order valence-corrected chi connectivity index (χ2v) is 6.74. The molecule has 0 amide bonds. The van der Waals surface area contributed by atoms with Gasteiger partial charge < -0.3 is 15.0 Å². The molecule has 2 atom stereocenters. The summed E-state index contributed by atoms with van der Waals surface area (Å²) in [5.41, 5.74) is 1.00. The highest BCUT2D eigenvalue weighted by Gasteiger charge is 2.34. The molecule has 2 unspecified atom stereocenters. The number of rotatable bonds is 5. The molecule has 2 fully saturated rings. The molecule has 3 nitrogen and oxygen atoms in total. The van der Waals surface area contributed by atoms with Crippen molar-refractivity contribution in [2.24, 2.45) is 5.92 Å². The van der Waals surface area contributed by atoms with Crippen LogP contribution in [0.5, 0.6) is 5.75 Å². The molecule has 0 spiro atoms. The minimum absolute atomic E-state index is 0.155. The Morgan fingerprint density at radius 2 is 2.14 bits per heavy atom. The zero-order chi connectivity index (χ0) is 14.2. The minimum Gasteiger partial charge on any atom is -0.488 e. The average molecular weight is 290 g/mol. The number of hydrogen-bond acceptors (Lipinski definition) is 3. The first-order chi connectivity index (χ1) is 10.3. The highest BCUT2D eigenvalue weighted by molar-refractivity contribution is 5.37. The SMILES string of the molecule is Fc1ccc2c(c1)CC(CNCC1CCN(C3CC3)C1)O2. The molecule has 1 aliphatic carbocycles. The molecule has 1 aromatic carbocycles. The van der Waals surface area contributed by atoms with Crippen molar-refractivity contribution in [3.8, 4) is 5.75 Å². The van der Waals surface area contributed by atoms with Gasteiger partial charge in [0, 0.05) is 31.1 Å². The minimum atomic E-state index is -0.169. The maximum absolute atomic E-state index is 13.2. The molecule has 4 heteroatoms. The van der Waals surface area contributed by atoms with Crippen molar-refractivity contribution in [2.75, 3.05) is 26.2 Å². The predicted octanol–water partition coefficient (Wildman–Crippen LogP) is 2.20. The quantitative estimate of drug-likeness (QED) is 0.900. The van der Waals surface area contributed by atoms with Crippen molar-refractivity contribution >= 4 is 0 Å². The number of ether oxygens (including phenoxy) is 1. The molecule has 1 aromatic rings. The fourth-order valence-corrected chi connectivity index (χ4v) is 3.65. The van der Waals surface area contributed by atoms with E-state index < -0.39 is 0 Å².